The summed E-state index contributed by atoms with van der Waals surface area (Å²) in [6.45, 7) is 4.17. The Morgan fingerprint density at radius 1 is 0.403 bits per heavy atom. The predicted octanol–water partition coefficient (Wildman–Crippen LogP) is 9.28. The van der Waals surface area contributed by atoms with Crippen LogP contribution in [0.2, 0.25) is 0 Å². The highest BCUT2D eigenvalue weighted by atomic mass is 31.2. The third-order valence-electron chi connectivity index (χ3n) is 11.7. The van der Waals surface area contributed by atoms with E-state index in [-0.39, 0.29) is 26.4 Å². The number of hydrogen-bond donors (Lipinski definition) is 2. The molecular weight excluding hydrogens is 955 g/mol. The van der Waals surface area contributed by atoms with E-state index in [1.54, 1.807) is 0 Å². The van der Waals surface area contributed by atoms with Gasteiger partial charge in [-0.1, -0.05) is 126 Å². The van der Waals surface area contributed by atoms with Gasteiger partial charge in [0.2, 0.25) is 0 Å². The Morgan fingerprint density at radius 3 is 0.958 bits per heavy atom. The summed E-state index contributed by atoms with van der Waals surface area (Å²) in [4.78, 5) is 45.7. The second-order valence-electron chi connectivity index (χ2n) is 21.1. The summed E-state index contributed by atoms with van der Waals surface area (Å²) in [5, 5.41) is 0. The van der Waals surface area contributed by atoms with Gasteiger partial charge in [-0.25, -0.2) is 0 Å². The van der Waals surface area contributed by atoms with E-state index in [0.29, 0.717) is 61.7 Å². The Kier molecular flexibility index (Phi) is 43.5. The lowest BCUT2D eigenvalue weighted by molar-refractivity contribution is -0.870. The maximum Gasteiger partial charge on any atom is 0.377 e. The van der Waals surface area contributed by atoms with Crippen LogP contribution in [0.1, 0.15) is 180 Å². The van der Waals surface area contributed by atoms with Crippen LogP contribution in [0.5, 0.6) is 0 Å². The van der Waals surface area contributed by atoms with Crippen LogP contribution in [0.15, 0.2) is 0 Å². The third kappa shape index (κ3) is 50.7. The Morgan fingerprint density at radius 2 is 0.667 bits per heavy atom. The van der Waals surface area contributed by atoms with E-state index in [0.717, 1.165) is 167 Å². The van der Waals surface area contributed by atoms with E-state index in [1.807, 2.05) is 42.3 Å². The number of ether oxygens (including phenoxy) is 4. The minimum atomic E-state index is -4.20. The molecule has 416 valence electrons. The van der Waals surface area contributed by atoms with Gasteiger partial charge in [0.05, 0.1) is 55.5 Å². The Bertz CT molecular complexity index is 1430. The molecule has 14 nitrogen and oxygen atoms in total. The van der Waals surface area contributed by atoms with Crippen molar-refractivity contribution >= 4 is 16.3 Å². The quantitative estimate of drug-likeness (QED) is 0.0966. The molecule has 0 aromatic rings. The fourth-order valence-electron chi connectivity index (χ4n) is 7.23. The molecule has 2 unspecified atom stereocenters. The van der Waals surface area contributed by atoms with Crippen LogP contribution >= 0.6 is 16.3 Å². The van der Waals surface area contributed by atoms with Gasteiger partial charge in [-0.15, -0.1) is 0 Å². The smallest absolute Gasteiger partial charge is 0.377 e. The van der Waals surface area contributed by atoms with Crippen molar-refractivity contribution in [2.24, 2.45) is 0 Å². The van der Waals surface area contributed by atoms with Gasteiger partial charge in [0.25, 0.3) is 0 Å². The van der Waals surface area contributed by atoms with Crippen LogP contribution in [0.3, 0.4) is 0 Å². The van der Waals surface area contributed by atoms with E-state index < -0.39 is 28.5 Å². The molecule has 72 heavy (non-hydrogen) atoms. The molecule has 0 saturated heterocycles. The molecule has 0 aromatic heterocycles. The summed E-state index contributed by atoms with van der Waals surface area (Å²) in [7, 11) is 3.57. The van der Waals surface area contributed by atoms with Gasteiger partial charge in [0, 0.05) is 52.1 Å². The zero-order chi connectivity index (χ0) is 52.8. The van der Waals surface area contributed by atoms with Gasteiger partial charge >= 0.3 is 16.3 Å². The van der Waals surface area contributed by atoms with Crippen molar-refractivity contribution < 1.29 is 65.6 Å². The van der Waals surface area contributed by atoms with Crippen LogP contribution in [-0.2, 0) is 37.0 Å². The van der Waals surface area contributed by atoms with E-state index in [9.17, 15) is 19.6 Å². The molecule has 1 heterocycles. The Balaban J connectivity index is 2.60. The number of likely N-dealkylation sites (N-methyl/N-ethyl adjacent to an activating group) is 2. The molecule has 0 radical (unpaired) electrons. The first-order valence-electron chi connectivity index (χ1n) is 27.7. The van der Waals surface area contributed by atoms with E-state index >= 15 is 0 Å². The fourth-order valence-corrected chi connectivity index (χ4v) is 8.71. The van der Waals surface area contributed by atoms with Crippen molar-refractivity contribution in [1.29, 1.82) is 0 Å². The van der Waals surface area contributed by atoms with E-state index in [1.165, 1.54) is 12.8 Å². The molecule has 0 bridgehead atoms. The molecule has 0 spiro atoms. The molecule has 0 aromatic carbocycles. The summed E-state index contributed by atoms with van der Waals surface area (Å²) in [5.74, 6) is 24.9. The molecule has 2 N–H and O–H groups in total. The number of nitrogens with zero attached hydrogens (tertiary/aromatic N) is 2. The lowest BCUT2D eigenvalue weighted by atomic mass is 10.1. The SMILES string of the molecule is C[N+](C)(C)CCO[P+]([O-])(O)OC[C@H]1COCCCCCCCCC#CC#CCCCCCCCCOC[C@@H](CO[P+]([O-])(O)OCC[N+](C)(C)C)OCCCCCCCCC#CC#CCCCCCCCCO1. The van der Waals surface area contributed by atoms with Crippen molar-refractivity contribution in [3.8, 4) is 47.4 Å². The van der Waals surface area contributed by atoms with E-state index in [2.05, 4.69) is 47.4 Å². The van der Waals surface area contributed by atoms with Crippen LogP contribution < -0.4 is 9.79 Å². The average Bonchev–Trinajstić information content (AvgIpc) is 3.31. The molecule has 1 rings (SSSR count). The van der Waals surface area contributed by atoms with Crippen molar-refractivity contribution in [3.05, 3.63) is 0 Å². The number of quaternary nitrogens is 2. The maximum absolute atomic E-state index is 12.6. The predicted molar refractivity (Wildman–Crippen MR) is 289 cm³/mol. The summed E-state index contributed by atoms with van der Waals surface area (Å²) in [5.41, 5.74) is 0. The van der Waals surface area contributed by atoms with Gasteiger partial charge in [-0.2, -0.15) is 27.9 Å². The zero-order valence-electron chi connectivity index (χ0n) is 46.2. The fraction of sp³-hybridized carbons (Fsp3) is 0.857. The van der Waals surface area contributed by atoms with Crippen molar-refractivity contribution in [1.82, 2.24) is 0 Å². The first-order chi connectivity index (χ1) is 34.6. The van der Waals surface area contributed by atoms with Gasteiger partial charge < -0.3 is 37.7 Å². The molecule has 4 atom stereocenters. The molecule has 1 aliphatic heterocycles. The normalized spacial score (nSPS) is 22.6. The first kappa shape index (κ1) is 68.6. The van der Waals surface area contributed by atoms with Crippen LogP contribution in [0.4, 0.5) is 0 Å². The molecular formula is C56H102N2O12P2+2. The van der Waals surface area contributed by atoms with Gasteiger partial charge in [-0.05, 0) is 75.0 Å². The summed E-state index contributed by atoms with van der Waals surface area (Å²) in [6, 6.07) is 0. The number of rotatable bonds is 14. The molecule has 0 saturated carbocycles. The van der Waals surface area contributed by atoms with Crippen LogP contribution in [0.25, 0.3) is 0 Å². The van der Waals surface area contributed by atoms with Crippen molar-refractivity contribution in [2.45, 2.75) is 192 Å². The molecule has 0 aliphatic carbocycles. The van der Waals surface area contributed by atoms with Gasteiger partial charge in [0.15, 0.2) is 0 Å². The highest BCUT2D eigenvalue weighted by molar-refractivity contribution is 7.53. The third-order valence-corrected chi connectivity index (χ3v) is 13.7. The minimum absolute atomic E-state index is 0.0675. The standard InChI is InChI=1S/C56H100N2O12P2/c1-57(2,3)43-49-67-71(59,60)69-53-55-51-63-45-39-35-31-27-23-19-15-11-7-8-12-16-20-24-28-32-36-40-46-64-52-56(54-70-72(61,62)68-50-44-58(4,5)6)66-48-42-38-34-30-26-22-18-14-10-9-13-17-21-25-29-33-37-41-47-65-55/h55-56H,15-54H2,1-6H3/p+2/t55-,56+. The largest absolute Gasteiger partial charge is 0.606 e. The second kappa shape index (κ2) is 45.7. The average molecular weight is 1060 g/mol. The Labute approximate surface area is 441 Å². The van der Waals surface area contributed by atoms with Crippen molar-refractivity contribution in [2.75, 3.05) is 121 Å². The highest BCUT2D eigenvalue weighted by Gasteiger charge is 2.31. The van der Waals surface area contributed by atoms with Gasteiger partial charge in [0.1, 0.15) is 51.7 Å². The zero-order valence-corrected chi connectivity index (χ0v) is 48.0. The Hall–Kier alpha value is -1.46. The summed E-state index contributed by atoms with van der Waals surface area (Å²) in [6.07, 6.45) is 28.5. The molecule has 0 fully saturated rings. The number of phosphoric ester groups is 2. The minimum Gasteiger partial charge on any atom is -0.606 e. The lowest BCUT2D eigenvalue weighted by Crippen LogP contribution is -2.38. The molecule has 1 aliphatic rings. The van der Waals surface area contributed by atoms with Gasteiger partial charge in [-0.3, -0.25) is 0 Å². The molecule has 16 heteroatoms. The highest BCUT2D eigenvalue weighted by Crippen LogP contribution is 2.48. The second-order valence-corrected chi connectivity index (χ2v) is 24.0. The number of hydrogen-bond acceptors (Lipinski definition) is 12. The molecule has 0 amide bonds. The number of phosphoric acid groups is 2. The van der Waals surface area contributed by atoms with Crippen LogP contribution in [-0.4, -0.2) is 152 Å². The first-order valence-corrected chi connectivity index (χ1v) is 30.7. The monoisotopic (exact) mass is 1060 g/mol. The summed E-state index contributed by atoms with van der Waals surface area (Å²) < 4.78 is 46.5. The van der Waals surface area contributed by atoms with Crippen LogP contribution in [0, 0.1) is 47.4 Å². The lowest BCUT2D eigenvalue weighted by Gasteiger charge is -2.26. The van der Waals surface area contributed by atoms with Crippen molar-refractivity contribution in [3.63, 3.8) is 0 Å². The maximum atomic E-state index is 12.6. The topological polar surface area (TPSA) is 160 Å². The summed E-state index contributed by atoms with van der Waals surface area (Å²) >= 11 is 0. The van der Waals surface area contributed by atoms with E-state index in [4.69, 9.17) is 37.0 Å².